The third-order valence-electron chi connectivity index (χ3n) is 6.33. The number of esters is 1. The summed E-state index contributed by atoms with van der Waals surface area (Å²) in [5.41, 5.74) is 4.34. The fourth-order valence-corrected chi connectivity index (χ4v) is 6.54. The van der Waals surface area contributed by atoms with Crippen molar-refractivity contribution in [1.82, 2.24) is 0 Å². The molecule has 0 aromatic carbocycles. The van der Waals surface area contributed by atoms with Gasteiger partial charge in [0.25, 0.3) is 0 Å². The van der Waals surface area contributed by atoms with Gasteiger partial charge in [-0.05, 0) is 50.1 Å². The summed E-state index contributed by atoms with van der Waals surface area (Å²) in [6.45, 7) is 24.2. The first-order valence-electron chi connectivity index (χ1n) is 10.8. The molecule has 0 aliphatic heterocycles. The molecule has 0 aliphatic rings. The molecule has 0 saturated heterocycles. The van der Waals surface area contributed by atoms with Crippen LogP contribution in [0.25, 0.3) is 0 Å². The van der Waals surface area contributed by atoms with Crippen molar-refractivity contribution in [3.05, 3.63) is 11.6 Å². The lowest BCUT2D eigenvalue weighted by atomic mass is 10.0. The van der Waals surface area contributed by atoms with E-state index in [1.165, 1.54) is 18.1 Å². The lowest BCUT2D eigenvalue weighted by Gasteiger charge is -2.39. The summed E-state index contributed by atoms with van der Waals surface area (Å²) in [7, 11) is -3.54. The number of ether oxygens (including phenoxy) is 1. The Morgan fingerprint density at radius 2 is 1.57 bits per heavy atom. The van der Waals surface area contributed by atoms with Crippen molar-refractivity contribution in [2.45, 2.75) is 105 Å². The molecule has 162 valence electrons. The lowest BCUT2D eigenvalue weighted by Crippen LogP contribution is -2.45. The van der Waals surface area contributed by atoms with E-state index in [2.05, 4.69) is 73.0 Å². The molecule has 28 heavy (non-hydrogen) atoms. The van der Waals surface area contributed by atoms with Gasteiger partial charge in [-0.3, -0.25) is 0 Å². The molecule has 3 nitrogen and oxygen atoms in total. The minimum Gasteiger partial charge on any atom is -0.463 e. The Hall–Kier alpha value is -0.836. The lowest BCUT2D eigenvalue weighted by molar-refractivity contribution is -0.138. The molecule has 2 atom stereocenters. The van der Waals surface area contributed by atoms with Crippen molar-refractivity contribution in [3.63, 3.8) is 0 Å². The average molecular weight is 425 g/mol. The monoisotopic (exact) mass is 424 g/mol. The van der Waals surface area contributed by atoms with Crippen molar-refractivity contribution in [3.8, 4) is 11.5 Å². The molecule has 0 bridgehead atoms. The van der Waals surface area contributed by atoms with Crippen molar-refractivity contribution < 1.29 is 14.0 Å². The standard InChI is InChI=1S/C23H44O3Si2/c1-12-25-22(24)20(6)18-19(5)21(26-27(10,11)23(7,8)9)16-17-28(13-2,14-3)15-4/h18-19,21H,12-15H2,1-11H3/b20-18+/t19-,21-/m1/s1. The molecule has 0 amide bonds. The largest absolute Gasteiger partial charge is 0.463 e. The van der Waals surface area contributed by atoms with Crippen LogP contribution in [-0.4, -0.2) is 35.1 Å². The minimum absolute atomic E-state index is 0.0308. The molecule has 0 aromatic heterocycles. The maximum atomic E-state index is 12.0. The normalized spacial score (nSPS) is 15.5. The summed E-state index contributed by atoms with van der Waals surface area (Å²) in [6.07, 6.45) is 1.78. The van der Waals surface area contributed by atoms with Crippen LogP contribution in [0.4, 0.5) is 0 Å². The van der Waals surface area contributed by atoms with E-state index in [9.17, 15) is 4.79 Å². The van der Waals surface area contributed by atoms with Crippen molar-refractivity contribution in [2.24, 2.45) is 5.92 Å². The molecular formula is C23H44O3Si2. The highest BCUT2D eigenvalue weighted by atomic mass is 28.4. The zero-order valence-electron chi connectivity index (χ0n) is 20.3. The van der Waals surface area contributed by atoms with Crippen LogP contribution in [0.3, 0.4) is 0 Å². The molecule has 0 N–H and O–H groups in total. The highest BCUT2D eigenvalue weighted by Gasteiger charge is 2.40. The molecule has 0 fully saturated rings. The van der Waals surface area contributed by atoms with Crippen LogP contribution < -0.4 is 0 Å². The van der Waals surface area contributed by atoms with Crippen LogP contribution in [0.15, 0.2) is 11.6 Å². The number of hydrogen-bond donors (Lipinski definition) is 0. The topological polar surface area (TPSA) is 35.5 Å². The predicted octanol–water partition coefficient (Wildman–Crippen LogP) is 6.57. The third-order valence-corrected chi connectivity index (χ3v) is 15.5. The van der Waals surface area contributed by atoms with Gasteiger partial charge in [0.15, 0.2) is 8.32 Å². The highest BCUT2D eigenvalue weighted by molar-refractivity contribution is 6.87. The molecule has 0 aliphatic carbocycles. The zero-order valence-corrected chi connectivity index (χ0v) is 22.3. The van der Waals surface area contributed by atoms with Gasteiger partial charge in [0.1, 0.15) is 14.2 Å². The molecule has 5 heteroatoms. The fraction of sp³-hybridized carbons (Fsp3) is 0.783. The number of carbonyl (C=O) groups is 1. The van der Waals surface area contributed by atoms with E-state index in [0.29, 0.717) is 12.2 Å². The number of rotatable bonds is 9. The van der Waals surface area contributed by atoms with Gasteiger partial charge >= 0.3 is 5.97 Å². The highest BCUT2D eigenvalue weighted by Crippen LogP contribution is 2.38. The third kappa shape index (κ3) is 7.89. The van der Waals surface area contributed by atoms with Gasteiger partial charge in [0, 0.05) is 11.5 Å². The number of carbonyl (C=O) groups excluding carboxylic acids is 1. The molecular weight excluding hydrogens is 380 g/mol. The van der Waals surface area contributed by atoms with Gasteiger partial charge < -0.3 is 9.16 Å². The number of hydrogen-bond acceptors (Lipinski definition) is 3. The van der Waals surface area contributed by atoms with E-state index in [4.69, 9.17) is 9.16 Å². The first-order valence-corrected chi connectivity index (χ1v) is 16.4. The van der Waals surface area contributed by atoms with E-state index in [0.717, 1.165) is 0 Å². The van der Waals surface area contributed by atoms with E-state index >= 15 is 0 Å². The van der Waals surface area contributed by atoms with Gasteiger partial charge in [-0.2, -0.15) is 0 Å². The summed E-state index contributed by atoms with van der Waals surface area (Å²) < 4.78 is 11.9. The Morgan fingerprint density at radius 3 is 1.96 bits per heavy atom. The first kappa shape index (κ1) is 27.2. The summed E-state index contributed by atoms with van der Waals surface area (Å²) in [5.74, 6) is 3.32. The van der Waals surface area contributed by atoms with Gasteiger partial charge in [-0.1, -0.05) is 60.5 Å². The molecule has 0 saturated carbocycles. The predicted molar refractivity (Wildman–Crippen MR) is 127 cm³/mol. The Balaban J connectivity index is 5.95. The second kappa shape index (κ2) is 11.4. The fourth-order valence-electron chi connectivity index (χ4n) is 2.80. The van der Waals surface area contributed by atoms with Crippen LogP contribution in [0.5, 0.6) is 0 Å². The van der Waals surface area contributed by atoms with Crippen LogP contribution >= 0.6 is 0 Å². The van der Waals surface area contributed by atoms with Crippen LogP contribution in [-0.2, 0) is 14.0 Å². The summed E-state index contributed by atoms with van der Waals surface area (Å²) in [5, 5.41) is 0.112. The van der Waals surface area contributed by atoms with E-state index in [1.807, 2.05) is 19.9 Å². The zero-order chi connectivity index (χ0) is 22.2. The molecule has 0 spiro atoms. The summed E-state index contributed by atoms with van der Waals surface area (Å²) in [4.78, 5) is 12.0. The molecule has 0 heterocycles. The second-order valence-electron chi connectivity index (χ2n) is 9.34. The van der Waals surface area contributed by atoms with Gasteiger partial charge in [-0.15, -0.1) is 5.54 Å². The van der Waals surface area contributed by atoms with Crippen molar-refractivity contribution in [2.75, 3.05) is 6.61 Å². The molecule has 0 radical (unpaired) electrons. The van der Waals surface area contributed by atoms with Crippen molar-refractivity contribution >= 4 is 22.4 Å². The second-order valence-corrected chi connectivity index (χ2v) is 19.0. The molecule has 0 aromatic rings. The SMILES string of the molecule is CCOC(=O)/C(C)=C/[C@@H](C)[C@@H](C#C[Si](CC)(CC)CC)O[Si](C)(C)C(C)(C)C. The Morgan fingerprint density at radius 1 is 1.07 bits per heavy atom. The van der Waals surface area contributed by atoms with Crippen molar-refractivity contribution in [1.29, 1.82) is 0 Å². The summed E-state index contributed by atoms with van der Waals surface area (Å²) >= 11 is 0. The average Bonchev–Trinajstić information content (AvgIpc) is 2.61. The maximum absolute atomic E-state index is 12.0. The van der Waals surface area contributed by atoms with E-state index in [-0.39, 0.29) is 23.0 Å². The smallest absolute Gasteiger partial charge is 0.333 e. The van der Waals surface area contributed by atoms with Crippen LogP contribution in [0, 0.1) is 17.4 Å². The first-order chi connectivity index (χ1) is 12.8. The van der Waals surface area contributed by atoms with Crippen LogP contribution in [0.2, 0.25) is 36.3 Å². The van der Waals surface area contributed by atoms with E-state index < -0.39 is 16.4 Å². The maximum Gasteiger partial charge on any atom is 0.333 e. The molecule has 0 rings (SSSR count). The Bertz CT molecular complexity index is 579. The van der Waals surface area contributed by atoms with Crippen LogP contribution in [0.1, 0.15) is 62.3 Å². The Labute approximate surface area is 176 Å². The summed E-state index contributed by atoms with van der Waals surface area (Å²) in [6, 6.07) is 3.52. The quantitative estimate of drug-likeness (QED) is 0.182. The Kier molecular flexibility index (Phi) is 11.0. The van der Waals surface area contributed by atoms with Gasteiger partial charge in [0.05, 0.1) is 6.61 Å². The van der Waals surface area contributed by atoms with E-state index in [1.54, 1.807) is 0 Å². The van der Waals surface area contributed by atoms with Gasteiger partial charge in [-0.25, -0.2) is 4.79 Å². The minimum atomic E-state index is -1.98. The molecule has 0 unspecified atom stereocenters. The van der Waals surface area contributed by atoms with Gasteiger partial charge in [0.2, 0.25) is 0 Å².